The number of hydrogen-bond donors (Lipinski definition) is 1. The van der Waals surface area contributed by atoms with Crippen molar-refractivity contribution in [1.29, 1.82) is 0 Å². The zero-order chi connectivity index (χ0) is 9.84. The number of aryl methyl sites for hydroxylation is 1. The highest BCUT2D eigenvalue weighted by Gasteiger charge is 2.07. The third-order valence-electron chi connectivity index (χ3n) is 2.23. The molecule has 1 aromatic rings. The monoisotopic (exact) mass is 181 g/mol. The lowest BCUT2D eigenvalue weighted by Gasteiger charge is -2.13. The molecule has 0 saturated carbocycles. The van der Waals surface area contributed by atoms with Gasteiger partial charge in [-0.05, 0) is 36.6 Å². The van der Waals surface area contributed by atoms with Crippen LogP contribution in [0.15, 0.2) is 18.2 Å². The molecule has 0 spiro atoms. The van der Waals surface area contributed by atoms with Crippen molar-refractivity contribution in [3.8, 4) is 0 Å². The Kier molecular flexibility index (Phi) is 3.43. The van der Waals surface area contributed by atoms with Crippen molar-refractivity contribution in [3.05, 3.63) is 35.1 Å². The first-order chi connectivity index (χ1) is 6.15. The SMILES string of the molecule is CCC[C@H](N)c1ccc(F)cc1C. The minimum atomic E-state index is -0.190. The molecule has 2 N–H and O–H groups in total. The summed E-state index contributed by atoms with van der Waals surface area (Å²) in [6, 6.07) is 4.83. The van der Waals surface area contributed by atoms with E-state index in [4.69, 9.17) is 5.73 Å². The van der Waals surface area contributed by atoms with Gasteiger partial charge >= 0.3 is 0 Å². The fourth-order valence-electron chi connectivity index (χ4n) is 1.52. The van der Waals surface area contributed by atoms with E-state index in [0.29, 0.717) is 0 Å². The average Bonchev–Trinajstić information content (AvgIpc) is 2.04. The summed E-state index contributed by atoms with van der Waals surface area (Å²) in [5.41, 5.74) is 7.94. The lowest BCUT2D eigenvalue weighted by molar-refractivity contribution is 0.612. The molecule has 1 nitrogen and oxygen atoms in total. The number of rotatable bonds is 3. The molecule has 0 aliphatic carbocycles. The van der Waals surface area contributed by atoms with E-state index < -0.39 is 0 Å². The summed E-state index contributed by atoms with van der Waals surface area (Å²) in [5, 5.41) is 0. The molecule has 1 rings (SSSR count). The molecule has 0 bridgehead atoms. The van der Waals surface area contributed by atoms with Gasteiger partial charge in [0.05, 0.1) is 0 Å². The van der Waals surface area contributed by atoms with Gasteiger partial charge in [0.25, 0.3) is 0 Å². The van der Waals surface area contributed by atoms with Gasteiger partial charge in [-0.3, -0.25) is 0 Å². The average molecular weight is 181 g/mol. The summed E-state index contributed by atoms with van der Waals surface area (Å²) >= 11 is 0. The Morgan fingerprint density at radius 3 is 2.69 bits per heavy atom. The molecule has 0 heterocycles. The van der Waals surface area contributed by atoms with Crippen molar-refractivity contribution < 1.29 is 4.39 Å². The number of hydrogen-bond acceptors (Lipinski definition) is 1. The van der Waals surface area contributed by atoms with E-state index in [1.807, 2.05) is 6.92 Å². The van der Waals surface area contributed by atoms with E-state index in [1.54, 1.807) is 6.07 Å². The largest absolute Gasteiger partial charge is 0.324 e. The van der Waals surface area contributed by atoms with Gasteiger partial charge in [-0.1, -0.05) is 19.4 Å². The van der Waals surface area contributed by atoms with Gasteiger partial charge in [-0.2, -0.15) is 0 Å². The zero-order valence-electron chi connectivity index (χ0n) is 8.18. The summed E-state index contributed by atoms with van der Waals surface area (Å²) < 4.78 is 12.8. The normalized spacial score (nSPS) is 12.9. The Labute approximate surface area is 78.8 Å². The van der Waals surface area contributed by atoms with Gasteiger partial charge in [-0.25, -0.2) is 4.39 Å². The maximum Gasteiger partial charge on any atom is 0.123 e. The van der Waals surface area contributed by atoms with Crippen LogP contribution in [0.25, 0.3) is 0 Å². The van der Waals surface area contributed by atoms with Crippen molar-refractivity contribution in [2.45, 2.75) is 32.7 Å². The van der Waals surface area contributed by atoms with Crippen LogP contribution in [0, 0.1) is 12.7 Å². The van der Waals surface area contributed by atoms with Crippen LogP contribution in [-0.2, 0) is 0 Å². The lowest BCUT2D eigenvalue weighted by atomic mass is 9.98. The molecule has 0 amide bonds. The first-order valence-electron chi connectivity index (χ1n) is 4.66. The van der Waals surface area contributed by atoms with E-state index >= 15 is 0 Å². The Hall–Kier alpha value is -0.890. The lowest BCUT2D eigenvalue weighted by Crippen LogP contribution is -2.11. The van der Waals surface area contributed by atoms with Crippen LogP contribution in [0.5, 0.6) is 0 Å². The molecule has 72 valence electrons. The van der Waals surface area contributed by atoms with Crippen LogP contribution in [0.1, 0.15) is 36.9 Å². The fraction of sp³-hybridized carbons (Fsp3) is 0.455. The van der Waals surface area contributed by atoms with Crippen molar-refractivity contribution in [3.63, 3.8) is 0 Å². The second kappa shape index (κ2) is 4.38. The summed E-state index contributed by atoms with van der Waals surface area (Å²) in [6.45, 7) is 3.99. The van der Waals surface area contributed by atoms with E-state index in [2.05, 4.69) is 6.92 Å². The summed E-state index contributed by atoms with van der Waals surface area (Å²) in [7, 11) is 0. The predicted octanol–water partition coefficient (Wildman–Crippen LogP) is 2.93. The fourth-order valence-corrected chi connectivity index (χ4v) is 1.52. The van der Waals surface area contributed by atoms with Gasteiger partial charge in [-0.15, -0.1) is 0 Å². The minimum absolute atomic E-state index is 0.0469. The predicted molar refractivity (Wildman–Crippen MR) is 53.0 cm³/mol. The summed E-state index contributed by atoms with van der Waals surface area (Å²) in [4.78, 5) is 0. The van der Waals surface area contributed by atoms with Gasteiger partial charge < -0.3 is 5.73 Å². The van der Waals surface area contributed by atoms with Crippen LogP contribution in [0.3, 0.4) is 0 Å². The molecule has 1 atom stereocenters. The third-order valence-corrected chi connectivity index (χ3v) is 2.23. The molecule has 0 aliphatic rings. The smallest absolute Gasteiger partial charge is 0.123 e. The molecule has 0 unspecified atom stereocenters. The van der Waals surface area contributed by atoms with E-state index in [1.165, 1.54) is 12.1 Å². The standard InChI is InChI=1S/C11H16FN/c1-3-4-11(13)10-6-5-9(12)7-8(10)2/h5-7,11H,3-4,13H2,1-2H3/t11-/m0/s1. The second-order valence-electron chi connectivity index (χ2n) is 3.40. The van der Waals surface area contributed by atoms with Gasteiger partial charge in [0.1, 0.15) is 5.82 Å². The Bertz CT molecular complexity index is 283. The van der Waals surface area contributed by atoms with Gasteiger partial charge in [0.15, 0.2) is 0 Å². The van der Waals surface area contributed by atoms with Gasteiger partial charge in [0, 0.05) is 6.04 Å². The van der Waals surface area contributed by atoms with Gasteiger partial charge in [0.2, 0.25) is 0 Å². The molecule has 0 aliphatic heterocycles. The molecule has 0 aromatic heterocycles. The highest BCUT2D eigenvalue weighted by Crippen LogP contribution is 2.20. The topological polar surface area (TPSA) is 26.0 Å². The molecule has 1 aromatic carbocycles. The number of halogens is 1. The molecule has 0 fully saturated rings. The molecular weight excluding hydrogens is 165 g/mol. The highest BCUT2D eigenvalue weighted by molar-refractivity contribution is 5.29. The minimum Gasteiger partial charge on any atom is -0.324 e. The number of nitrogens with two attached hydrogens (primary N) is 1. The van der Waals surface area contributed by atoms with Crippen LogP contribution in [0.2, 0.25) is 0 Å². The number of benzene rings is 1. The van der Waals surface area contributed by atoms with Crippen molar-refractivity contribution >= 4 is 0 Å². The van der Waals surface area contributed by atoms with Crippen molar-refractivity contribution in [2.24, 2.45) is 5.73 Å². The molecule has 0 saturated heterocycles. The van der Waals surface area contributed by atoms with E-state index in [0.717, 1.165) is 24.0 Å². The quantitative estimate of drug-likeness (QED) is 0.762. The summed E-state index contributed by atoms with van der Waals surface area (Å²) in [6.07, 6.45) is 2.00. The maximum atomic E-state index is 12.8. The first kappa shape index (κ1) is 10.2. The van der Waals surface area contributed by atoms with Crippen molar-refractivity contribution in [1.82, 2.24) is 0 Å². The van der Waals surface area contributed by atoms with E-state index in [-0.39, 0.29) is 11.9 Å². The Morgan fingerprint density at radius 1 is 1.46 bits per heavy atom. The molecular formula is C11H16FN. The Balaban J connectivity index is 2.88. The van der Waals surface area contributed by atoms with Crippen LogP contribution >= 0.6 is 0 Å². The second-order valence-corrected chi connectivity index (χ2v) is 3.40. The molecule has 0 radical (unpaired) electrons. The van der Waals surface area contributed by atoms with Crippen LogP contribution in [0.4, 0.5) is 4.39 Å². The molecule has 13 heavy (non-hydrogen) atoms. The van der Waals surface area contributed by atoms with Crippen molar-refractivity contribution in [2.75, 3.05) is 0 Å². The third kappa shape index (κ3) is 2.52. The zero-order valence-corrected chi connectivity index (χ0v) is 8.18. The van der Waals surface area contributed by atoms with Crippen LogP contribution in [-0.4, -0.2) is 0 Å². The summed E-state index contributed by atoms with van der Waals surface area (Å²) in [5.74, 6) is -0.190. The van der Waals surface area contributed by atoms with E-state index in [9.17, 15) is 4.39 Å². The maximum absolute atomic E-state index is 12.8. The first-order valence-corrected chi connectivity index (χ1v) is 4.66. The van der Waals surface area contributed by atoms with Crippen LogP contribution < -0.4 is 5.73 Å². The highest BCUT2D eigenvalue weighted by atomic mass is 19.1. The molecule has 2 heteroatoms. The Morgan fingerprint density at radius 2 is 2.15 bits per heavy atom.